The smallest absolute Gasteiger partial charge is 0.286 e. The van der Waals surface area contributed by atoms with Gasteiger partial charge in [-0.15, -0.1) is 0 Å². The number of halogens is 3. The molecule has 2 aromatic heterocycles. The van der Waals surface area contributed by atoms with Crippen molar-refractivity contribution >= 4 is 22.8 Å². The molecule has 0 fully saturated rings. The van der Waals surface area contributed by atoms with E-state index < -0.39 is 17.2 Å². The molecule has 136 valence electrons. The second kappa shape index (κ2) is 6.59. The van der Waals surface area contributed by atoms with Crippen molar-refractivity contribution in [2.24, 2.45) is 7.05 Å². The maximum absolute atomic E-state index is 14.2. The summed E-state index contributed by atoms with van der Waals surface area (Å²) in [6.45, 7) is 0. The third kappa shape index (κ3) is 3.00. The van der Waals surface area contributed by atoms with Gasteiger partial charge in [0.1, 0.15) is 5.82 Å². The van der Waals surface area contributed by atoms with Crippen molar-refractivity contribution in [2.75, 3.05) is 0 Å². The largest absolute Gasteiger partial charge is 0.318 e. The lowest BCUT2D eigenvalue weighted by Gasteiger charge is -2.13. The molecule has 27 heavy (non-hydrogen) atoms. The lowest BCUT2D eigenvalue weighted by molar-refractivity contribution is 0.499. The maximum Gasteiger partial charge on any atom is 0.286 e. The first kappa shape index (κ1) is 17.4. The number of nitrogens with zero attached hydrogens (tertiary/aromatic N) is 4. The Kier molecular flexibility index (Phi) is 4.24. The van der Waals surface area contributed by atoms with E-state index in [1.54, 1.807) is 35.9 Å². The molecule has 2 aromatic carbocycles. The van der Waals surface area contributed by atoms with E-state index in [0.717, 1.165) is 6.07 Å². The van der Waals surface area contributed by atoms with Gasteiger partial charge in [0.25, 0.3) is 5.56 Å². The molecule has 0 unspecified atom stereocenters. The second-order valence-electron chi connectivity index (χ2n) is 6.06. The van der Waals surface area contributed by atoms with Crippen LogP contribution in [0.4, 0.5) is 8.78 Å². The first-order valence-electron chi connectivity index (χ1n) is 8.07. The predicted molar refractivity (Wildman–Crippen MR) is 98.3 cm³/mol. The zero-order valence-corrected chi connectivity index (χ0v) is 14.9. The fraction of sp³-hybridized carbons (Fsp3) is 0.105. The molecule has 0 spiro atoms. The molecule has 0 aliphatic carbocycles. The van der Waals surface area contributed by atoms with Gasteiger partial charge in [-0.25, -0.2) is 18.7 Å². The SMILES string of the molecule is Cn1cnc2c(=O)n(-c3ccc(Cl)cc3)c(Cc3cccc(F)c3F)nc21. The Balaban J connectivity index is 1.98. The van der Waals surface area contributed by atoms with Crippen LogP contribution in [0.1, 0.15) is 11.4 Å². The Morgan fingerprint density at radius 2 is 1.85 bits per heavy atom. The summed E-state index contributed by atoms with van der Waals surface area (Å²) in [4.78, 5) is 21.6. The van der Waals surface area contributed by atoms with Gasteiger partial charge >= 0.3 is 0 Å². The van der Waals surface area contributed by atoms with Gasteiger partial charge < -0.3 is 4.57 Å². The zero-order valence-electron chi connectivity index (χ0n) is 14.2. The monoisotopic (exact) mass is 386 g/mol. The van der Waals surface area contributed by atoms with Gasteiger partial charge in [0.05, 0.1) is 12.0 Å². The Hall–Kier alpha value is -3.06. The Labute approximate surface area is 157 Å². The third-order valence-electron chi connectivity index (χ3n) is 4.27. The van der Waals surface area contributed by atoms with E-state index in [0.29, 0.717) is 16.4 Å². The second-order valence-corrected chi connectivity index (χ2v) is 6.50. The van der Waals surface area contributed by atoms with Gasteiger partial charge in [-0.1, -0.05) is 23.7 Å². The fourth-order valence-corrected chi connectivity index (χ4v) is 3.06. The van der Waals surface area contributed by atoms with Crippen LogP contribution in [0.5, 0.6) is 0 Å². The molecule has 4 aromatic rings. The summed E-state index contributed by atoms with van der Waals surface area (Å²) in [5.41, 5.74) is 0.782. The van der Waals surface area contributed by atoms with Crippen molar-refractivity contribution in [3.05, 3.63) is 87.2 Å². The van der Waals surface area contributed by atoms with Crippen molar-refractivity contribution < 1.29 is 8.78 Å². The number of fused-ring (bicyclic) bond motifs is 1. The minimum atomic E-state index is -0.959. The molecule has 0 aliphatic rings. The van der Waals surface area contributed by atoms with E-state index in [9.17, 15) is 13.6 Å². The van der Waals surface area contributed by atoms with Crippen LogP contribution in [0.25, 0.3) is 16.9 Å². The summed E-state index contributed by atoms with van der Waals surface area (Å²) in [5.74, 6) is -1.64. The Morgan fingerprint density at radius 3 is 2.59 bits per heavy atom. The van der Waals surface area contributed by atoms with Gasteiger partial charge in [-0.2, -0.15) is 0 Å². The first-order chi connectivity index (χ1) is 13.0. The summed E-state index contributed by atoms with van der Waals surface area (Å²) in [7, 11) is 1.71. The molecule has 8 heteroatoms. The van der Waals surface area contributed by atoms with Crippen LogP contribution in [0, 0.1) is 11.6 Å². The zero-order chi connectivity index (χ0) is 19.1. The maximum atomic E-state index is 14.2. The topological polar surface area (TPSA) is 52.7 Å². The lowest BCUT2D eigenvalue weighted by Crippen LogP contribution is -2.24. The van der Waals surface area contributed by atoms with Crippen LogP contribution < -0.4 is 5.56 Å². The van der Waals surface area contributed by atoms with Crippen LogP contribution in [0.3, 0.4) is 0 Å². The third-order valence-corrected chi connectivity index (χ3v) is 4.52. The number of benzene rings is 2. The Bertz CT molecular complexity index is 1220. The summed E-state index contributed by atoms with van der Waals surface area (Å²) in [6.07, 6.45) is 1.42. The highest BCUT2D eigenvalue weighted by Crippen LogP contribution is 2.19. The first-order valence-corrected chi connectivity index (χ1v) is 8.45. The Morgan fingerprint density at radius 1 is 1.11 bits per heavy atom. The average molecular weight is 387 g/mol. The van der Waals surface area contributed by atoms with Crippen molar-refractivity contribution in [2.45, 2.75) is 6.42 Å². The van der Waals surface area contributed by atoms with Crippen molar-refractivity contribution in [1.29, 1.82) is 0 Å². The van der Waals surface area contributed by atoms with E-state index in [1.165, 1.54) is 23.0 Å². The molecule has 0 amide bonds. The fourth-order valence-electron chi connectivity index (χ4n) is 2.93. The molecular weight excluding hydrogens is 374 g/mol. The van der Waals surface area contributed by atoms with Crippen LogP contribution in [0.15, 0.2) is 53.6 Å². The number of hydrogen-bond donors (Lipinski definition) is 0. The van der Waals surface area contributed by atoms with Gasteiger partial charge in [-0.3, -0.25) is 9.36 Å². The quantitative estimate of drug-likeness (QED) is 0.540. The molecule has 0 saturated heterocycles. The molecular formula is C19H13ClF2N4O. The van der Waals surface area contributed by atoms with Crippen LogP contribution in [-0.2, 0) is 13.5 Å². The molecule has 0 bridgehead atoms. The van der Waals surface area contributed by atoms with Crippen LogP contribution >= 0.6 is 11.6 Å². The van der Waals surface area contributed by atoms with E-state index >= 15 is 0 Å². The number of hydrogen-bond acceptors (Lipinski definition) is 3. The molecule has 5 nitrogen and oxygen atoms in total. The number of rotatable bonds is 3. The minimum Gasteiger partial charge on any atom is -0.318 e. The predicted octanol–water partition coefficient (Wildman–Crippen LogP) is 3.64. The number of aromatic nitrogens is 4. The van der Waals surface area contributed by atoms with Gasteiger partial charge in [-0.05, 0) is 35.9 Å². The molecule has 0 atom stereocenters. The van der Waals surface area contributed by atoms with E-state index in [2.05, 4.69) is 9.97 Å². The highest BCUT2D eigenvalue weighted by molar-refractivity contribution is 6.30. The summed E-state index contributed by atoms with van der Waals surface area (Å²) < 4.78 is 30.7. The lowest BCUT2D eigenvalue weighted by atomic mass is 10.1. The number of imidazole rings is 1. The minimum absolute atomic E-state index is 0.0669. The highest BCUT2D eigenvalue weighted by atomic mass is 35.5. The summed E-state index contributed by atoms with van der Waals surface area (Å²) in [5, 5.41) is 0.511. The molecule has 0 saturated carbocycles. The van der Waals surface area contributed by atoms with Crippen molar-refractivity contribution in [1.82, 2.24) is 19.1 Å². The van der Waals surface area contributed by atoms with Crippen molar-refractivity contribution in [3.8, 4) is 5.69 Å². The molecule has 2 heterocycles. The highest BCUT2D eigenvalue weighted by Gasteiger charge is 2.18. The summed E-state index contributed by atoms with van der Waals surface area (Å²) >= 11 is 5.94. The molecule has 0 aliphatic heterocycles. The standard InChI is InChI=1S/C19H13ClF2N4O/c1-25-10-23-17-18(25)24-15(9-11-3-2-4-14(21)16(11)22)26(19(17)27)13-7-5-12(20)6-8-13/h2-8,10H,9H2,1H3. The van der Waals surface area contributed by atoms with Gasteiger partial charge in [0, 0.05) is 18.5 Å². The van der Waals surface area contributed by atoms with E-state index in [-0.39, 0.29) is 23.3 Å². The molecule has 0 N–H and O–H groups in total. The molecule has 0 radical (unpaired) electrons. The average Bonchev–Trinajstić information content (AvgIpc) is 3.02. The normalized spacial score (nSPS) is 11.3. The molecule has 4 rings (SSSR count). The number of aryl methyl sites for hydroxylation is 1. The van der Waals surface area contributed by atoms with Crippen LogP contribution in [-0.4, -0.2) is 19.1 Å². The van der Waals surface area contributed by atoms with Gasteiger partial charge in [0.15, 0.2) is 22.8 Å². The van der Waals surface area contributed by atoms with Crippen LogP contribution in [0.2, 0.25) is 5.02 Å². The van der Waals surface area contributed by atoms with Crippen molar-refractivity contribution in [3.63, 3.8) is 0 Å². The van der Waals surface area contributed by atoms with E-state index in [1.807, 2.05) is 0 Å². The summed E-state index contributed by atoms with van der Waals surface area (Å²) in [6, 6.07) is 10.5. The van der Waals surface area contributed by atoms with Gasteiger partial charge in [0.2, 0.25) is 0 Å². The van der Waals surface area contributed by atoms with E-state index in [4.69, 9.17) is 11.6 Å².